The maximum Gasteiger partial charge on any atom is 0.261 e. The third-order valence-electron chi connectivity index (χ3n) is 9.91. The Bertz CT molecular complexity index is 1300. The summed E-state index contributed by atoms with van der Waals surface area (Å²) in [4.78, 5) is 0. The van der Waals surface area contributed by atoms with Gasteiger partial charge in [-0.2, -0.15) is 0 Å². The van der Waals surface area contributed by atoms with Gasteiger partial charge in [0.05, 0.1) is 25.4 Å². The van der Waals surface area contributed by atoms with Crippen molar-refractivity contribution in [2.45, 2.75) is 109 Å². The molecular formula is C41H56O4Si. The van der Waals surface area contributed by atoms with Crippen molar-refractivity contribution in [1.29, 1.82) is 0 Å². The first-order valence-electron chi connectivity index (χ1n) is 17.6. The topological polar surface area (TPSA) is 36.9 Å². The molecule has 2 aliphatic heterocycles. The molecule has 0 aromatic heterocycles. The lowest BCUT2D eigenvalue weighted by Gasteiger charge is -2.48. The molecule has 2 aliphatic rings. The van der Waals surface area contributed by atoms with Crippen molar-refractivity contribution in [2.75, 3.05) is 13.2 Å². The molecule has 0 aliphatic carbocycles. The Kier molecular flexibility index (Phi) is 12.1. The molecule has 0 amide bonds. The highest BCUT2D eigenvalue weighted by molar-refractivity contribution is 6.99. The van der Waals surface area contributed by atoms with Crippen LogP contribution in [0, 0.1) is 11.8 Å². The van der Waals surface area contributed by atoms with Gasteiger partial charge in [-0.05, 0) is 64.9 Å². The molecule has 0 bridgehead atoms. The van der Waals surface area contributed by atoms with E-state index in [2.05, 4.69) is 132 Å². The molecule has 46 heavy (non-hydrogen) atoms. The van der Waals surface area contributed by atoms with Crippen LogP contribution in [0.4, 0.5) is 0 Å². The van der Waals surface area contributed by atoms with Gasteiger partial charge < -0.3 is 18.6 Å². The summed E-state index contributed by atoms with van der Waals surface area (Å²) < 4.78 is 26.8. The summed E-state index contributed by atoms with van der Waals surface area (Å²) in [5, 5.41) is 2.65. The molecule has 0 saturated carbocycles. The smallest absolute Gasteiger partial charge is 0.261 e. The minimum Gasteiger partial charge on any atom is -0.407 e. The fourth-order valence-corrected chi connectivity index (χ4v) is 12.0. The van der Waals surface area contributed by atoms with Gasteiger partial charge in [0.1, 0.15) is 0 Å². The van der Waals surface area contributed by atoms with Crippen molar-refractivity contribution in [3.05, 3.63) is 109 Å². The molecular weight excluding hydrogens is 585 g/mol. The Hall–Kier alpha value is -2.54. The molecule has 5 rings (SSSR count). The Balaban J connectivity index is 1.16. The van der Waals surface area contributed by atoms with E-state index in [1.165, 1.54) is 15.9 Å². The van der Waals surface area contributed by atoms with E-state index in [1.807, 2.05) is 6.07 Å². The highest BCUT2D eigenvalue weighted by atomic mass is 28.4. The predicted molar refractivity (Wildman–Crippen MR) is 192 cm³/mol. The van der Waals surface area contributed by atoms with Gasteiger partial charge in [0, 0.05) is 19.4 Å². The summed E-state index contributed by atoms with van der Waals surface area (Å²) in [7, 11) is -2.53. The Labute approximate surface area is 279 Å². The molecule has 5 atom stereocenters. The number of hydrogen-bond acceptors (Lipinski definition) is 4. The monoisotopic (exact) mass is 640 g/mol. The van der Waals surface area contributed by atoms with Crippen LogP contribution in [0.2, 0.25) is 5.04 Å². The summed E-state index contributed by atoms with van der Waals surface area (Å²) in [5.41, 5.74) is 1.21. The van der Waals surface area contributed by atoms with E-state index < -0.39 is 14.1 Å². The summed E-state index contributed by atoms with van der Waals surface area (Å²) in [6.45, 7) is 13.7. The van der Waals surface area contributed by atoms with E-state index in [0.29, 0.717) is 25.0 Å². The first-order chi connectivity index (χ1) is 22.2. The third-order valence-corrected chi connectivity index (χ3v) is 15.0. The van der Waals surface area contributed by atoms with Crippen LogP contribution in [0.25, 0.3) is 0 Å². The SMILES string of the molecule is C[C@@H](/C=C\[C@@H]1CCC[C@]2(CC[C@H](C)[C@@H](CCCO[Si](c3ccccc3)(c3ccccc3)C(C)(C)C)O2)O1)COCc1ccccc1. The zero-order valence-corrected chi connectivity index (χ0v) is 29.8. The summed E-state index contributed by atoms with van der Waals surface area (Å²) in [5.74, 6) is 0.386. The molecule has 3 aromatic rings. The standard InChI is InChI=1S/C41H56O4Si/c1-33(31-42-32-35-17-9-6-10-18-35)25-26-36-19-15-28-41(44-36)29-27-34(2)39(45-41)24-16-30-43-46(40(3,4)5,37-20-11-7-12-21-37)38-22-13-8-14-23-38/h6-14,17-18,20-23,25-26,33-34,36,39H,15-16,19,24,27-32H2,1-5H3/b26-25-/t33-,34-,36-,39+,41-/m0/s1. The number of hydrogen-bond donors (Lipinski definition) is 0. The summed E-state index contributed by atoms with van der Waals surface area (Å²) in [6.07, 6.45) is 12.0. The average molecular weight is 641 g/mol. The molecule has 3 aromatic carbocycles. The third kappa shape index (κ3) is 8.67. The summed E-state index contributed by atoms with van der Waals surface area (Å²) in [6, 6.07) is 32.3. The van der Waals surface area contributed by atoms with E-state index in [0.717, 1.165) is 51.6 Å². The maximum absolute atomic E-state index is 7.19. The van der Waals surface area contributed by atoms with Crippen molar-refractivity contribution in [3.63, 3.8) is 0 Å². The second-order valence-electron chi connectivity index (χ2n) is 14.6. The Morgan fingerprint density at radius 2 is 1.50 bits per heavy atom. The Morgan fingerprint density at radius 3 is 2.13 bits per heavy atom. The van der Waals surface area contributed by atoms with Crippen LogP contribution in [-0.4, -0.2) is 39.5 Å². The zero-order chi connectivity index (χ0) is 32.5. The summed E-state index contributed by atoms with van der Waals surface area (Å²) >= 11 is 0. The van der Waals surface area contributed by atoms with Crippen molar-refractivity contribution in [2.24, 2.45) is 11.8 Å². The van der Waals surface area contributed by atoms with Gasteiger partial charge in [0.15, 0.2) is 5.79 Å². The number of ether oxygens (including phenoxy) is 3. The molecule has 0 N–H and O–H groups in total. The van der Waals surface area contributed by atoms with Crippen LogP contribution in [0.3, 0.4) is 0 Å². The van der Waals surface area contributed by atoms with Crippen molar-refractivity contribution >= 4 is 18.7 Å². The van der Waals surface area contributed by atoms with Gasteiger partial charge in [-0.25, -0.2) is 0 Å². The van der Waals surface area contributed by atoms with Crippen molar-refractivity contribution in [3.8, 4) is 0 Å². The lowest BCUT2D eigenvalue weighted by molar-refractivity contribution is -0.317. The van der Waals surface area contributed by atoms with Crippen LogP contribution in [-0.2, 0) is 25.2 Å². The van der Waals surface area contributed by atoms with Crippen LogP contribution in [0.15, 0.2) is 103 Å². The minimum absolute atomic E-state index is 0.0155. The fourth-order valence-electron chi connectivity index (χ4n) is 7.38. The zero-order valence-electron chi connectivity index (χ0n) is 28.8. The molecule has 2 fully saturated rings. The fraction of sp³-hybridized carbons (Fsp3) is 0.512. The largest absolute Gasteiger partial charge is 0.407 e. The lowest BCUT2D eigenvalue weighted by Crippen LogP contribution is -2.66. The van der Waals surface area contributed by atoms with E-state index in [9.17, 15) is 0 Å². The highest BCUT2D eigenvalue weighted by Gasteiger charge is 2.50. The van der Waals surface area contributed by atoms with Gasteiger partial charge in [-0.1, -0.05) is 138 Å². The molecule has 4 nitrogen and oxygen atoms in total. The second kappa shape index (κ2) is 16.0. The van der Waals surface area contributed by atoms with Gasteiger partial charge in [-0.15, -0.1) is 0 Å². The Morgan fingerprint density at radius 1 is 0.870 bits per heavy atom. The van der Waals surface area contributed by atoms with Crippen LogP contribution < -0.4 is 10.4 Å². The lowest BCUT2D eigenvalue weighted by atomic mass is 9.86. The van der Waals surface area contributed by atoms with Gasteiger partial charge in [0.2, 0.25) is 0 Å². The number of benzene rings is 3. The quantitative estimate of drug-likeness (QED) is 0.106. The maximum atomic E-state index is 7.19. The molecule has 248 valence electrons. The molecule has 0 radical (unpaired) electrons. The normalized spacial score (nSPS) is 24.8. The first-order valence-corrected chi connectivity index (χ1v) is 19.5. The molecule has 1 spiro atoms. The van der Waals surface area contributed by atoms with E-state index in [4.69, 9.17) is 18.6 Å². The van der Waals surface area contributed by atoms with Gasteiger partial charge in [0.25, 0.3) is 8.32 Å². The average Bonchev–Trinajstić information content (AvgIpc) is 3.06. The molecule has 2 heterocycles. The highest BCUT2D eigenvalue weighted by Crippen LogP contribution is 2.43. The van der Waals surface area contributed by atoms with Crippen molar-refractivity contribution < 1.29 is 18.6 Å². The first kappa shape index (κ1) is 34.8. The van der Waals surface area contributed by atoms with Gasteiger partial charge in [-0.3, -0.25) is 0 Å². The number of rotatable bonds is 13. The minimum atomic E-state index is -2.53. The van der Waals surface area contributed by atoms with Crippen LogP contribution in [0.1, 0.15) is 85.1 Å². The second-order valence-corrected chi connectivity index (χ2v) is 19.0. The van der Waals surface area contributed by atoms with E-state index >= 15 is 0 Å². The van der Waals surface area contributed by atoms with E-state index in [-0.39, 0.29) is 17.2 Å². The molecule has 5 heteroatoms. The predicted octanol–water partition coefficient (Wildman–Crippen LogP) is 8.83. The van der Waals surface area contributed by atoms with Gasteiger partial charge >= 0.3 is 0 Å². The molecule has 0 unspecified atom stereocenters. The molecule has 2 saturated heterocycles. The van der Waals surface area contributed by atoms with Crippen LogP contribution in [0.5, 0.6) is 0 Å². The van der Waals surface area contributed by atoms with Crippen LogP contribution >= 0.6 is 0 Å². The van der Waals surface area contributed by atoms with Crippen molar-refractivity contribution in [1.82, 2.24) is 0 Å². The van der Waals surface area contributed by atoms with E-state index in [1.54, 1.807) is 0 Å².